The average molecular weight is 412 g/mol. The molecule has 0 spiro atoms. The zero-order valence-corrected chi connectivity index (χ0v) is 16.6. The first kappa shape index (κ1) is 18.4. The second-order valence-corrected chi connectivity index (χ2v) is 7.94. The van der Waals surface area contributed by atoms with Crippen LogP contribution < -0.4 is 5.43 Å². The van der Waals surface area contributed by atoms with Gasteiger partial charge in [-0.05, 0) is 54.3 Å². The van der Waals surface area contributed by atoms with E-state index in [1.807, 2.05) is 31.2 Å². The zero-order valence-electron chi connectivity index (χ0n) is 13.4. The van der Waals surface area contributed by atoms with Crippen molar-refractivity contribution >= 4 is 50.8 Å². The predicted molar refractivity (Wildman–Crippen MR) is 107 cm³/mol. The van der Waals surface area contributed by atoms with Crippen molar-refractivity contribution < 1.29 is 4.87 Å². The Balaban J connectivity index is 2.22. The van der Waals surface area contributed by atoms with Crippen molar-refractivity contribution in [3.8, 4) is 0 Å². The van der Waals surface area contributed by atoms with Crippen molar-refractivity contribution in [2.75, 3.05) is 17.9 Å². The molecule has 0 saturated heterocycles. The van der Waals surface area contributed by atoms with E-state index >= 15 is 0 Å². The third-order valence-corrected chi connectivity index (χ3v) is 4.87. The van der Waals surface area contributed by atoms with Gasteiger partial charge in [0.25, 0.3) is 5.69 Å². The van der Waals surface area contributed by atoms with Gasteiger partial charge in [0.05, 0.1) is 4.91 Å². The normalized spacial score (nSPS) is 10.6. The van der Waals surface area contributed by atoms with Crippen molar-refractivity contribution in [2.24, 2.45) is 0 Å². The number of nitrogens with one attached hydrogen (secondary N) is 1. The average Bonchev–Trinajstić information content (AvgIpc) is 2.46. The van der Waals surface area contributed by atoms with E-state index < -0.39 is 0 Å². The molecule has 0 aliphatic heterocycles. The van der Waals surface area contributed by atoms with Crippen LogP contribution >= 0.6 is 39.5 Å². The highest BCUT2D eigenvalue weighted by atomic mass is 79.9. The highest BCUT2D eigenvalue weighted by Crippen LogP contribution is 2.25. The van der Waals surface area contributed by atoms with Gasteiger partial charge in [-0.15, -0.1) is 5.43 Å². The number of hydrogen-bond acceptors (Lipinski definition) is 3. The molecular formula is C17H20BrN2OS2+. The summed E-state index contributed by atoms with van der Waals surface area (Å²) in [6.07, 6.45) is 4.12. The van der Waals surface area contributed by atoms with Crippen LogP contribution in [-0.4, -0.2) is 17.4 Å². The largest absolute Gasteiger partial charge is 0.292 e. The van der Waals surface area contributed by atoms with Crippen LogP contribution in [0, 0.1) is 11.8 Å². The van der Waals surface area contributed by atoms with Gasteiger partial charge in [0.2, 0.25) is 0 Å². The molecule has 2 aromatic carbocycles. The van der Waals surface area contributed by atoms with E-state index in [1.54, 1.807) is 23.5 Å². The van der Waals surface area contributed by atoms with Crippen molar-refractivity contribution in [1.29, 1.82) is 0 Å². The molecule has 2 aromatic rings. The number of hydrazine groups is 1. The van der Waals surface area contributed by atoms with Gasteiger partial charge in [-0.1, -0.05) is 22.0 Å². The van der Waals surface area contributed by atoms with Gasteiger partial charge < -0.3 is 0 Å². The fourth-order valence-corrected chi connectivity index (χ4v) is 3.90. The fourth-order valence-electron chi connectivity index (χ4n) is 2.35. The first-order valence-electron chi connectivity index (χ1n) is 7.13. The Morgan fingerprint density at radius 3 is 2.30 bits per heavy atom. The summed E-state index contributed by atoms with van der Waals surface area (Å²) in [5.41, 5.74) is 7.76. The van der Waals surface area contributed by atoms with E-state index in [0.29, 0.717) is 5.69 Å². The molecule has 0 heterocycles. The molecule has 23 heavy (non-hydrogen) atoms. The molecule has 122 valence electrons. The maximum absolute atomic E-state index is 12.5. The molecule has 0 saturated carbocycles. The summed E-state index contributed by atoms with van der Waals surface area (Å²) in [5.74, 6) is 1.81. The lowest BCUT2D eigenvalue weighted by Crippen LogP contribution is -2.11. The van der Waals surface area contributed by atoms with E-state index in [1.165, 1.54) is 5.56 Å². The van der Waals surface area contributed by atoms with Gasteiger partial charge in [-0.3, -0.25) is 0 Å². The van der Waals surface area contributed by atoms with E-state index in [-0.39, 0.29) is 0 Å². The maximum atomic E-state index is 12.5. The van der Waals surface area contributed by atoms with Crippen molar-refractivity contribution in [1.82, 2.24) is 0 Å². The molecule has 0 amide bonds. The molecule has 0 atom stereocenters. The van der Waals surface area contributed by atoms with Gasteiger partial charge in [-0.25, -0.2) is 0 Å². The minimum absolute atomic E-state index is 0.625. The van der Waals surface area contributed by atoms with Crippen LogP contribution in [0.15, 0.2) is 40.9 Å². The standard InChI is InChI=1S/C17H20BrN2OS2/c1-12-4-13(10-22-2)8-17(5-12)20(21)19-16-7-14(11-23-3)6-15(18)9-16/h4-9H,10-11H2,1-3H3,(H,19,21)/q+1. The van der Waals surface area contributed by atoms with Crippen LogP contribution in [0.2, 0.25) is 0 Å². The number of hydrogen-bond donors (Lipinski definition) is 1. The molecule has 2 rings (SSSR count). The first-order chi connectivity index (χ1) is 11.0. The topological polar surface area (TPSA) is 32.1 Å². The van der Waals surface area contributed by atoms with Gasteiger partial charge in [0.1, 0.15) is 5.69 Å². The van der Waals surface area contributed by atoms with Crippen molar-refractivity contribution in [2.45, 2.75) is 18.4 Å². The van der Waals surface area contributed by atoms with Crippen LogP contribution in [0.25, 0.3) is 0 Å². The van der Waals surface area contributed by atoms with E-state index in [2.05, 4.69) is 46.0 Å². The molecule has 3 nitrogen and oxygen atoms in total. The minimum Gasteiger partial charge on any atom is -0.161 e. The Bertz CT molecular complexity index is 707. The number of anilines is 1. The molecule has 0 aliphatic carbocycles. The summed E-state index contributed by atoms with van der Waals surface area (Å²) >= 11 is 7.00. The molecule has 0 bridgehead atoms. The van der Waals surface area contributed by atoms with E-state index in [0.717, 1.165) is 37.7 Å². The molecule has 0 radical (unpaired) electrons. The van der Waals surface area contributed by atoms with Crippen molar-refractivity contribution in [3.05, 3.63) is 62.5 Å². The van der Waals surface area contributed by atoms with Gasteiger partial charge in [0.15, 0.2) is 4.87 Å². The van der Waals surface area contributed by atoms with Crippen LogP contribution in [0.4, 0.5) is 11.4 Å². The molecule has 0 unspecified atom stereocenters. The van der Waals surface area contributed by atoms with Crippen LogP contribution in [-0.2, 0) is 11.5 Å². The lowest BCUT2D eigenvalue weighted by atomic mass is 10.1. The van der Waals surface area contributed by atoms with Crippen LogP contribution in [0.1, 0.15) is 16.7 Å². The van der Waals surface area contributed by atoms with Gasteiger partial charge in [0, 0.05) is 28.1 Å². The third-order valence-electron chi connectivity index (χ3n) is 3.17. The number of nitrogens with zero attached hydrogens (tertiary/aromatic N) is 1. The Hall–Kier alpha value is -0.980. The molecular weight excluding hydrogens is 392 g/mol. The zero-order chi connectivity index (χ0) is 16.8. The smallest absolute Gasteiger partial charge is 0.161 e. The summed E-state index contributed by atoms with van der Waals surface area (Å²) in [6, 6.07) is 11.9. The molecule has 6 heteroatoms. The number of thioether (sulfide) groups is 2. The molecule has 1 N–H and O–H groups in total. The van der Waals surface area contributed by atoms with Crippen LogP contribution in [0.5, 0.6) is 0 Å². The fraction of sp³-hybridized carbons (Fsp3) is 0.294. The molecule has 0 aromatic heterocycles. The predicted octanol–water partition coefficient (Wildman–Crippen LogP) is 5.92. The number of benzene rings is 2. The Morgan fingerprint density at radius 1 is 1.00 bits per heavy atom. The quantitative estimate of drug-likeness (QED) is 0.452. The van der Waals surface area contributed by atoms with Gasteiger partial charge >= 0.3 is 0 Å². The monoisotopic (exact) mass is 411 g/mol. The molecule has 0 fully saturated rings. The highest BCUT2D eigenvalue weighted by Gasteiger charge is 2.16. The number of aryl methyl sites for hydroxylation is 1. The third kappa shape index (κ3) is 5.55. The number of nitroso groups, excluding NO2 is 1. The summed E-state index contributed by atoms with van der Waals surface area (Å²) in [4.78, 5) is 13.3. The Morgan fingerprint density at radius 2 is 1.65 bits per heavy atom. The lowest BCUT2D eigenvalue weighted by molar-refractivity contribution is -0.427. The Kier molecular flexibility index (Phi) is 6.99. The number of rotatable bonds is 7. The first-order valence-corrected chi connectivity index (χ1v) is 10.7. The summed E-state index contributed by atoms with van der Waals surface area (Å²) in [5, 5.41) is 0. The minimum atomic E-state index is 0.625. The number of halogens is 1. The Labute approximate surface area is 154 Å². The summed E-state index contributed by atoms with van der Waals surface area (Å²) in [7, 11) is 0. The van der Waals surface area contributed by atoms with Gasteiger partial charge in [-0.2, -0.15) is 23.5 Å². The molecule has 0 aliphatic rings. The maximum Gasteiger partial charge on any atom is 0.292 e. The summed E-state index contributed by atoms with van der Waals surface area (Å²) < 4.78 is 0.965. The SMILES string of the molecule is CSCc1cc(Br)cc(N[N+](=O)c2cc(C)cc(CSC)c2)c1. The second kappa shape index (κ2) is 8.76. The van der Waals surface area contributed by atoms with E-state index in [9.17, 15) is 4.91 Å². The summed E-state index contributed by atoms with van der Waals surface area (Å²) in [6.45, 7) is 2.01. The second-order valence-electron chi connectivity index (χ2n) is 5.30. The van der Waals surface area contributed by atoms with Crippen molar-refractivity contribution in [3.63, 3.8) is 0 Å². The highest BCUT2D eigenvalue weighted by molar-refractivity contribution is 9.10. The van der Waals surface area contributed by atoms with E-state index in [4.69, 9.17) is 0 Å². The van der Waals surface area contributed by atoms with Crippen LogP contribution in [0.3, 0.4) is 0 Å². The lowest BCUT2D eigenvalue weighted by Gasteiger charge is -2.05.